The minimum absolute atomic E-state index is 0.129. The molecule has 2 aromatic rings. The van der Waals surface area contributed by atoms with Crippen molar-refractivity contribution < 1.29 is 4.39 Å². The van der Waals surface area contributed by atoms with Crippen molar-refractivity contribution in [3.63, 3.8) is 0 Å². The van der Waals surface area contributed by atoms with Crippen LogP contribution in [0.3, 0.4) is 0 Å². The fourth-order valence-corrected chi connectivity index (χ4v) is 4.20. The summed E-state index contributed by atoms with van der Waals surface area (Å²) >= 11 is 1.34. The lowest BCUT2D eigenvalue weighted by Crippen LogP contribution is -2.22. The van der Waals surface area contributed by atoms with Crippen molar-refractivity contribution in [2.24, 2.45) is 0 Å². The summed E-state index contributed by atoms with van der Waals surface area (Å²) in [5.41, 5.74) is 0.428. The van der Waals surface area contributed by atoms with Gasteiger partial charge in [0.15, 0.2) is 0 Å². The van der Waals surface area contributed by atoms with E-state index in [0.717, 1.165) is 23.5 Å². The number of H-pyrrole nitrogens is 1. The highest BCUT2D eigenvalue weighted by atomic mass is 32.1. The van der Waals surface area contributed by atoms with Gasteiger partial charge in [0.05, 0.1) is 12.1 Å². The normalized spacial score (nSPS) is 17.1. The van der Waals surface area contributed by atoms with Gasteiger partial charge in [-0.1, -0.05) is 12.7 Å². The summed E-state index contributed by atoms with van der Waals surface area (Å²) in [6.07, 6.45) is 4.04. The Labute approximate surface area is 151 Å². The van der Waals surface area contributed by atoms with Crippen LogP contribution >= 0.6 is 11.3 Å². The molecule has 25 heavy (non-hydrogen) atoms. The number of aromatic amines is 1. The number of aromatic nitrogens is 2. The standard InChI is InChI=1S/C19H24FN3OS/c1-5-13(12(2)19(3,4)20)15-10-14-17(25-15)18(24)22-16(21-14)11-23-8-6-7-9-23/h5,10H,1,6-9,11H2,2-4H3,(H,21,22,24)/b13-12-. The van der Waals surface area contributed by atoms with Gasteiger partial charge < -0.3 is 4.98 Å². The monoisotopic (exact) mass is 361 g/mol. The molecule has 1 N–H and O–H groups in total. The lowest BCUT2D eigenvalue weighted by Gasteiger charge is -2.18. The molecule has 134 valence electrons. The molecule has 3 rings (SSSR count). The van der Waals surface area contributed by atoms with E-state index in [1.165, 1.54) is 38.0 Å². The van der Waals surface area contributed by atoms with E-state index in [2.05, 4.69) is 21.4 Å². The Balaban J connectivity index is 2.03. The molecule has 3 heterocycles. The quantitative estimate of drug-likeness (QED) is 0.808. The molecule has 1 aliphatic rings. The molecule has 0 bridgehead atoms. The summed E-state index contributed by atoms with van der Waals surface area (Å²) < 4.78 is 14.9. The Bertz CT molecular complexity index is 882. The van der Waals surface area contributed by atoms with Crippen molar-refractivity contribution in [3.05, 3.63) is 45.3 Å². The minimum atomic E-state index is -1.44. The van der Waals surface area contributed by atoms with Crippen molar-refractivity contribution in [2.45, 2.75) is 45.8 Å². The molecule has 0 atom stereocenters. The van der Waals surface area contributed by atoms with Crippen LogP contribution in [-0.2, 0) is 6.54 Å². The molecular weight excluding hydrogens is 337 g/mol. The number of nitrogens with one attached hydrogen (secondary N) is 1. The van der Waals surface area contributed by atoms with Gasteiger partial charge in [-0.25, -0.2) is 9.37 Å². The third-order valence-electron chi connectivity index (χ3n) is 4.77. The number of allylic oxidation sites excluding steroid dienone is 3. The highest BCUT2D eigenvalue weighted by Gasteiger charge is 2.23. The first-order valence-electron chi connectivity index (χ1n) is 8.58. The predicted octanol–water partition coefficient (Wildman–Crippen LogP) is 4.29. The third kappa shape index (κ3) is 3.75. The first-order valence-corrected chi connectivity index (χ1v) is 9.39. The molecule has 0 amide bonds. The van der Waals surface area contributed by atoms with Gasteiger partial charge in [0, 0.05) is 4.88 Å². The van der Waals surface area contributed by atoms with Crippen molar-refractivity contribution >= 4 is 27.1 Å². The zero-order valence-corrected chi connectivity index (χ0v) is 15.8. The number of alkyl halides is 1. The summed E-state index contributed by atoms with van der Waals surface area (Å²) in [6, 6.07) is 1.87. The summed E-state index contributed by atoms with van der Waals surface area (Å²) in [6.45, 7) is 11.4. The first-order chi connectivity index (χ1) is 11.8. The van der Waals surface area contributed by atoms with Gasteiger partial charge in [-0.05, 0) is 63.9 Å². The second-order valence-electron chi connectivity index (χ2n) is 7.04. The number of fused-ring (bicyclic) bond motifs is 1. The molecule has 0 aromatic carbocycles. The third-order valence-corrected chi connectivity index (χ3v) is 5.93. The fraction of sp³-hybridized carbons (Fsp3) is 0.474. The molecule has 6 heteroatoms. The number of halogens is 1. The SMILES string of the molecule is C=C/C(=C(\C)C(C)(C)F)c1cc2nc(CN3CCCC3)[nH]c(=O)c2s1. The Hall–Kier alpha value is -1.79. The van der Waals surface area contributed by atoms with Gasteiger partial charge in [-0.3, -0.25) is 9.69 Å². The van der Waals surface area contributed by atoms with E-state index < -0.39 is 5.67 Å². The van der Waals surface area contributed by atoms with Crippen LogP contribution in [0.25, 0.3) is 15.8 Å². The Morgan fingerprint density at radius 1 is 1.48 bits per heavy atom. The van der Waals surface area contributed by atoms with Crippen LogP contribution in [0.1, 0.15) is 44.3 Å². The first kappa shape index (κ1) is 18.0. The van der Waals surface area contributed by atoms with E-state index in [1.54, 1.807) is 13.0 Å². The maximum absolute atomic E-state index is 14.3. The van der Waals surface area contributed by atoms with Crippen LogP contribution in [-0.4, -0.2) is 33.6 Å². The highest BCUT2D eigenvalue weighted by Crippen LogP contribution is 2.34. The Morgan fingerprint density at radius 3 is 2.76 bits per heavy atom. The molecule has 1 saturated heterocycles. The molecule has 1 fully saturated rings. The van der Waals surface area contributed by atoms with Crippen LogP contribution in [0.5, 0.6) is 0 Å². The van der Waals surface area contributed by atoms with Crippen molar-refractivity contribution in [1.82, 2.24) is 14.9 Å². The number of hydrogen-bond acceptors (Lipinski definition) is 4. The lowest BCUT2D eigenvalue weighted by molar-refractivity contribution is 0.269. The Morgan fingerprint density at radius 2 is 2.16 bits per heavy atom. The van der Waals surface area contributed by atoms with Crippen molar-refractivity contribution in [2.75, 3.05) is 13.1 Å². The number of hydrogen-bond donors (Lipinski definition) is 1. The topological polar surface area (TPSA) is 49.0 Å². The van der Waals surface area contributed by atoms with Gasteiger partial charge in [0.25, 0.3) is 5.56 Å². The Kier molecular flexibility index (Phi) is 4.93. The lowest BCUT2D eigenvalue weighted by atomic mass is 9.95. The maximum atomic E-state index is 14.3. The van der Waals surface area contributed by atoms with Crippen LogP contribution in [0.15, 0.2) is 29.1 Å². The van der Waals surface area contributed by atoms with Crippen LogP contribution in [0.4, 0.5) is 4.39 Å². The number of thiophene rings is 1. The van der Waals surface area contributed by atoms with Gasteiger partial charge in [0.2, 0.25) is 0 Å². The molecule has 0 aliphatic carbocycles. The predicted molar refractivity (Wildman–Crippen MR) is 103 cm³/mol. The molecule has 0 radical (unpaired) electrons. The summed E-state index contributed by atoms with van der Waals surface area (Å²) in [4.78, 5) is 23.1. The smallest absolute Gasteiger partial charge is 0.268 e. The maximum Gasteiger partial charge on any atom is 0.268 e. The van der Waals surface area contributed by atoms with Crippen LogP contribution in [0.2, 0.25) is 0 Å². The van der Waals surface area contributed by atoms with Gasteiger partial charge in [-0.15, -0.1) is 11.3 Å². The minimum Gasteiger partial charge on any atom is -0.308 e. The largest absolute Gasteiger partial charge is 0.308 e. The van der Waals surface area contributed by atoms with E-state index >= 15 is 0 Å². The van der Waals surface area contributed by atoms with Crippen molar-refractivity contribution in [3.8, 4) is 0 Å². The average Bonchev–Trinajstić information content (AvgIpc) is 3.17. The second-order valence-corrected chi connectivity index (χ2v) is 8.09. The van der Waals surface area contributed by atoms with Crippen LogP contribution < -0.4 is 5.56 Å². The zero-order chi connectivity index (χ0) is 18.2. The van der Waals surface area contributed by atoms with Gasteiger partial charge in [0.1, 0.15) is 16.2 Å². The molecule has 1 aliphatic heterocycles. The summed E-state index contributed by atoms with van der Waals surface area (Å²) in [5.74, 6) is 0.690. The van der Waals surface area contributed by atoms with Gasteiger partial charge >= 0.3 is 0 Å². The van der Waals surface area contributed by atoms with E-state index in [1.807, 2.05) is 6.07 Å². The summed E-state index contributed by atoms with van der Waals surface area (Å²) in [7, 11) is 0. The molecule has 0 saturated carbocycles. The summed E-state index contributed by atoms with van der Waals surface area (Å²) in [5, 5.41) is 0. The molecule has 0 unspecified atom stereocenters. The molecular formula is C19H24FN3OS. The second kappa shape index (κ2) is 6.84. The van der Waals surface area contributed by atoms with Gasteiger partial charge in [-0.2, -0.15) is 0 Å². The number of likely N-dealkylation sites (tertiary alicyclic amines) is 1. The van der Waals surface area contributed by atoms with E-state index in [0.29, 0.717) is 28.2 Å². The van der Waals surface area contributed by atoms with E-state index in [9.17, 15) is 9.18 Å². The zero-order valence-electron chi connectivity index (χ0n) is 15.0. The van der Waals surface area contributed by atoms with Crippen molar-refractivity contribution in [1.29, 1.82) is 0 Å². The fourth-order valence-electron chi connectivity index (χ4n) is 3.11. The number of nitrogens with zero attached hydrogens (tertiary/aromatic N) is 2. The van der Waals surface area contributed by atoms with Crippen LogP contribution in [0, 0.1) is 0 Å². The average molecular weight is 361 g/mol. The molecule has 2 aromatic heterocycles. The molecule has 4 nitrogen and oxygen atoms in total. The number of rotatable bonds is 5. The van der Waals surface area contributed by atoms with E-state index in [4.69, 9.17) is 0 Å². The van der Waals surface area contributed by atoms with E-state index in [-0.39, 0.29) is 5.56 Å². The molecule has 0 spiro atoms. The highest BCUT2D eigenvalue weighted by molar-refractivity contribution is 7.20.